The zero-order chi connectivity index (χ0) is 9.52. The Balaban J connectivity index is 2.31. The molecule has 0 spiro atoms. The maximum absolute atomic E-state index is 5.45. The van der Waals surface area contributed by atoms with Gasteiger partial charge in [0.15, 0.2) is 0 Å². The van der Waals surface area contributed by atoms with Crippen LogP contribution in [-0.2, 0) is 12.2 Å². The maximum atomic E-state index is 5.45. The largest absolute Gasteiger partial charge is 0.330 e. The summed E-state index contributed by atoms with van der Waals surface area (Å²) < 4.78 is 0. The number of rotatable bonds is 6. The van der Waals surface area contributed by atoms with Crippen molar-refractivity contribution in [2.24, 2.45) is 5.73 Å². The summed E-state index contributed by atoms with van der Waals surface area (Å²) >= 11 is 3.71. The molecule has 4 heteroatoms. The van der Waals surface area contributed by atoms with Crippen LogP contribution >= 0.6 is 23.1 Å². The van der Waals surface area contributed by atoms with Crippen molar-refractivity contribution in [1.82, 2.24) is 4.98 Å². The third kappa shape index (κ3) is 4.11. The highest BCUT2D eigenvalue weighted by atomic mass is 32.2. The fourth-order valence-corrected chi connectivity index (χ4v) is 2.79. The standard InChI is InChI=1S/C9H16N2S2/c1-2-5-12-7-9-11-8(3-4-10)6-13-9/h6H,2-5,7,10H2,1H3. The summed E-state index contributed by atoms with van der Waals surface area (Å²) in [5.41, 5.74) is 6.60. The van der Waals surface area contributed by atoms with E-state index in [-0.39, 0.29) is 0 Å². The number of aromatic nitrogens is 1. The summed E-state index contributed by atoms with van der Waals surface area (Å²) in [5.74, 6) is 2.29. The molecular formula is C9H16N2S2. The van der Waals surface area contributed by atoms with Gasteiger partial charge in [-0.3, -0.25) is 0 Å². The van der Waals surface area contributed by atoms with Crippen LogP contribution in [0.3, 0.4) is 0 Å². The van der Waals surface area contributed by atoms with Gasteiger partial charge in [0.05, 0.1) is 5.69 Å². The van der Waals surface area contributed by atoms with E-state index in [0.717, 1.165) is 17.9 Å². The summed E-state index contributed by atoms with van der Waals surface area (Å²) in [5, 5.41) is 3.36. The van der Waals surface area contributed by atoms with Crippen molar-refractivity contribution >= 4 is 23.1 Å². The Kier molecular flexibility index (Phi) is 5.43. The number of hydrogen-bond donors (Lipinski definition) is 1. The second-order valence-corrected chi connectivity index (χ2v) is 4.87. The summed E-state index contributed by atoms with van der Waals surface area (Å²) in [6, 6.07) is 0. The van der Waals surface area contributed by atoms with E-state index in [1.54, 1.807) is 11.3 Å². The first-order valence-corrected chi connectivity index (χ1v) is 6.61. The molecule has 0 radical (unpaired) electrons. The molecule has 0 saturated heterocycles. The second-order valence-electron chi connectivity index (χ2n) is 2.82. The summed E-state index contributed by atoms with van der Waals surface area (Å²) in [4.78, 5) is 4.49. The molecule has 0 amide bonds. The smallest absolute Gasteiger partial charge is 0.103 e. The van der Waals surface area contributed by atoms with E-state index in [1.807, 2.05) is 11.8 Å². The van der Waals surface area contributed by atoms with Gasteiger partial charge in [-0.15, -0.1) is 11.3 Å². The predicted molar refractivity (Wildman–Crippen MR) is 61.3 cm³/mol. The molecular weight excluding hydrogens is 200 g/mol. The lowest BCUT2D eigenvalue weighted by Gasteiger charge is -1.94. The minimum atomic E-state index is 0.700. The van der Waals surface area contributed by atoms with Crippen LogP contribution in [0.2, 0.25) is 0 Å². The molecule has 13 heavy (non-hydrogen) atoms. The molecule has 1 aromatic heterocycles. The molecule has 2 N–H and O–H groups in total. The zero-order valence-corrected chi connectivity index (χ0v) is 9.59. The first-order chi connectivity index (χ1) is 6.36. The Hall–Kier alpha value is -0.0600. The fraction of sp³-hybridized carbons (Fsp3) is 0.667. The van der Waals surface area contributed by atoms with E-state index < -0.39 is 0 Å². The molecule has 2 nitrogen and oxygen atoms in total. The topological polar surface area (TPSA) is 38.9 Å². The fourth-order valence-electron chi connectivity index (χ4n) is 0.982. The normalized spacial score (nSPS) is 10.6. The molecule has 0 aliphatic carbocycles. The van der Waals surface area contributed by atoms with Crippen LogP contribution < -0.4 is 5.73 Å². The van der Waals surface area contributed by atoms with Gasteiger partial charge in [0.25, 0.3) is 0 Å². The molecule has 74 valence electrons. The van der Waals surface area contributed by atoms with E-state index in [0.29, 0.717) is 6.54 Å². The van der Waals surface area contributed by atoms with Gasteiger partial charge in [0.1, 0.15) is 5.01 Å². The summed E-state index contributed by atoms with van der Waals surface area (Å²) in [7, 11) is 0. The number of thioether (sulfide) groups is 1. The van der Waals surface area contributed by atoms with E-state index in [9.17, 15) is 0 Å². The Morgan fingerprint density at radius 3 is 3.15 bits per heavy atom. The molecule has 0 aliphatic rings. The van der Waals surface area contributed by atoms with Gasteiger partial charge in [0, 0.05) is 17.6 Å². The Morgan fingerprint density at radius 2 is 2.46 bits per heavy atom. The number of thiazole rings is 1. The lowest BCUT2D eigenvalue weighted by Crippen LogP contribution is -2.02. The lowest BCUT2D eigenvalue weighted by atomic mass is 10.3. The van der Waals surface area contributed by atoms with Crippen molar-refractivity contribution in [3.8, 4) is 0 Å². The van der Waals surface area contributed by atoms with E-state index >= 15 is 0 Å². The van der Waals surface area contributed by atoms with Crippen molar-refractivity contribution in [3.05, 3.63) is 16.1 Å². The zero-order valence-electron chi connectivity index (χ0n) is 7.95. The third-order valence-corrected chi connectivity index (χ3v) is 3.83. The van der Waals surface area contributed by atoms with Gasteiger partial charge >= 0.3 is 0 Å². The molecule has 0 fully saturated rings. The van der Waals surface area contributed by atoms with Gasteiger partial charge in [-0.05, 0) is 18.7 Å². The SMILES string of the molecule is CCCSCc1nc(CCN)cs1. The number of nitrogens with two attached hydrogens (primary N) is 1. The lowest BCUT2D eigenvalue weighted by molar-refractivity contribution is 0.928. The highest BCUT2D eigenvalue weighted by molar-refractivity contribution is 7.98. The predicted octanol–water partition coefficient (Wildman–Crippen LogP) is 2.29. The molecule has 1 rings (SSSR count). The van der Waals surface area contributed by atoms with Gasteiger partial charge in [-0.1, -0.05) is 6.92 Å². The van der Waals surface area contributed by atoms with Crippen molar-refractivity contribution in [3.63, 3.8) is 0 Å². The van der Waals surface area contributed by atoms with Gasteiger partial charge in [-0.2, -0.15) is 11.8 Å². The van der Waals surface area contributed by atoms with E-state index in [2.05, 4.69) is 17.3 Å². The molecule has 0 aliphatic heterocycles. The average molecular weight is 216 g/mol. The molecule has 1 aromatic rings. The monoisotopic (exact) mass is 216 g/mol. The van der Waals surface area contributed by atoms with Crippen LogP contribution in [0.1, 0.15) is 24.0 Å². The molecule has 0 bridgehead atoms. The van der Waals surface area contributed by atoms with Crippen molar-refractivity contribution in [2.45, 2.75) is 25.5 Å². The van der Waals surface area contributed by atoms with Crippen LogP contribution in [0.4, 0.5) is 0 Å². The number of hydrogen-bond acceptors (Lipinski definition) is 4. The first kappa shape index (κ1) is 11.0. The highest BCUT2D eigenvalue weighted by Gasteiger charge is 2.00. The summed E-state index contributed by atoms with van der Waals surface area (Å²) in [6.45, 7) is 2.90. The average Bonchev–Trinajstić information content (AvgIpc) is 2.54. The van der Waals surface area contributed by atoms with Crippen LogP contribution in [0.5, 0.6) is 0 Å². The van der Waals surface area contributed by atoms with Crippen molar-refractivity contribution in [1.29, 1.82) is 0 Å². The Labute approximate surface area is 87.9 Å². The minimum Gasteiger partial charge on any atom is -0.330 e. The van der Waals surface area contributed by atoms with Gasteiger partial charge in [0.2, 0.25) is 0 Å². The number of nitrogens with zero attached hydrogens (tertiary/aromatic N) is 1. The van der Waals surface area contributed by atoms with Crippen LogP contribution in [-0.4, -0.2) is 17.3 Å². The maximum Gasteiger partial charge on any atom is 0.103 e. The van der Waals surface area contributed by atoms with Gasteiger partial charge < -0.3 is 5.73 Å². The Bertz CT molecular complexity index is 235. The van der Waals surface area contributed by atoms with Crippen molar-refractivity contribution < 1.29 is 0 Å². The van der Waals surface area contributed by atoms with Crippen LogP contribution in [0.25, 0.3) is 0 Å². The molecule has 0 aromatic carbocycles. The van der Waals surface area contributed by atoms with E-state index in [1.165, 1.54) is 17.2 Å². The second kappa shape index (κ2) is 6.40. The molecule has 0 atom stereocenters. The third-order valence-electron chi connectivity index (χ3n) is 1.57. The first-order valence-electron chi connectivity index (χ1n) is 4.58. The van der Waals surface area contributed by atoms with Crippen molar-refractivity contribution in [2.75, 3.05) is 12.3 Å². The molecule has 0 saturated carbocycles. The highest BCUT2D eigenvalue weighted by Crippen LogP contribution is 2.17. The van der Waals surface area contributed by atoms with Crippen LogP contribution in [0.15, 0.2) is 5.38 Å². The minimum absolute atomic E-state index is 0.700. The van der Waals surface area contributed by atoms with Gasteiger partial charge in [-0.25, -0.2) is 4.98 Å². The summed E-state index contributed by atoms with van der Waals surface area (Å²) in [6.07, 6.45) is 2.15. The van der Waals surface area contributed by atoms with Crippen LogP contribution in [0, 0.1) is 0 Å². The molecule has 1 heterocycles. The Morgan fingerprint density at radius 1 is 1.62 bits per heavy atom. The quantitative estimate of drug-likeness (QED) is 0.742. The van der Waals surface area contributed by atoms with E-state index in [4.69, 9.17) is 5.73 Å². The molecule has 0 unspecified atom stereocenters.